The van der Waals surface area contributed by atoms with E-state index in [1.807, 2.05) is 6.92 Å². The molecule has 0 N–H and O–H groups in total. The molecule has 0 aliphatic heterocycles. The van der Waals surface area contributed by atoms with Crippen LogP contribution in [0.4, 0.5) is 0 Å². The number of ether oxygens (including phenoxy) is 1. The van der Waals surface area contributed by atoms with Gasteiger partial charge < -0.3 is 9.26 Å². The van der Waals surface area contributed by atoms with Crippen molar-refractivity contribution < 1.29 is 22.5 Å². The lowest BCUT2D eigenvalue weighted by atomic mass is 10.2. The number of carbonyl (C=O) groups is 1. The molecule has 2 aromatic rings. The van der Waals surface area contributed by atoms with Gasteiger partial charge in [0, 0.05) is 13.1 Å². The molecule has 1 aromatic heterocycles. The van der Waals surface area contributed by atoms with Crippen LogP contribution in [0, 0.1) is 13.8 Å². The van der Waals surface area contributed by atoms with E-state index in [2.05, 4.69) is 5.16 Å². The van der Waals surface area contributed by atoms with E-state index in [0.29, 0.717) is 10.9 Å². The summed E-state index contributed by atoms with van der Waals surface area (Å²) in [5, 5.41) is 3.62. The molecule has 0 fully saturated rings. The number of sulfonamides is 1. The Morgan fingerprint density at radius 2 is 1.92 bits per heavy atom. The molecule has 8 heteroatoms. The SMILES string of the molecule is CCOc1ccc(/C=C/C(=O)N(C)S(=O)(=O)c2c(C)noc2C)cc1. The second-order valence-electron chi connectivity index (χ2n) is 5.30. The minimum Gasteiger partial charge on any atom is -0.494 e. The molecule has 25 heavy (non-hydrogen) atoms. The van der Waals surface area contributed by atoms with Crippen LogP contribution in [0.3, 0.4) is 0 Å². The van der Waals surface area contributed by atoms with E-state index in [1.54, 1.807) is 24.3 Å². The van der Waals surface area contributed by atoms with Crippen LogP contribution in [0.25, 0.3) is 6.08 Å². The molecule has 0 unspecified atom stereocenters. The van der Waals surface area contributed by atoms with Crippen LogP contribution in [-0.2, 0) is 14.8 Å². The first-order chi connectivity index (χ1) is 11.8. The second kappa shape index (κ2) is 7.52. The van der Waals surface area contributed by atoms with E-state index < -0.39 is 15.9 Å². The molecule has 1 amide bonds. The Hall–Kier alpha value is -2.61. The van der Waals surface area contributed by atoms with Gasteiger partial charge in [0.15, 0.2) is 10.7 Å². The zero-order valence-corrected chi connectivity index (χ0v) is 15.3. The second-order valence-corrected chi connectivity index (χ2v) is 7.21. The first-order valence-electron chi connectivity index (χ1n) is 7.64. The molecular formula is C17H20N2O5S. The summed E-state index contributed by atoms with van der Waals surface area (Å²) >= 11 is 0. The van der Waals surface area contributed by atoms with Crippen LogP contribution in [0.2, 0.25) is 0 Å². The highest BCUT2D eigenvalue weighted by Crippen LogP contribution is 2.22. The minimum atomic E-state index is -4.02. The van der Waals surface area contributed by atoms with E-state index in [1.165, 1.54) is 33.0 Å². The van der Waals surface area contributed by atoms with Crippen molar-refractivity contribution in [2.45, 2.75) is 25.7 Å². The third-order valence-corrected chi connectivity index (χ3v) is 5.51. The molecule has 0 aliphatic rings. The summed E-state index contributed by atoms with van der Waals surface area (Å²) in [6.07, 6.45) is 2.74. The Bertz CT molecular complexity index is 863. The fourth-order valence-corrected chi connectivity index (χ4v) is 3.60. The van der Waals surface area contributed by atoms with Gasteiger partial charge in [0.25, 0.3) is 15.9 Å². The van der Waals surface area contributed by atoms with Crippen LogP contribution in [0.1, 0.15) is 23.9 Å². The lowest BCUT2D eigenvalue weighted by Gasteiger charge is -2.15. The topological polar surface area (TPSA) is 89.7 Å². The maximum atomic E-state index is 12.6. The minimum absolute atomic E-state index is 0.0854. The van der Waals surface area contributed by atoms with Gasteiger partial charge in [0.05, 0.1) is 6.61 Å². The Morgan fingerprint density at radius 3 is 2.44 bits per heavy atom. The van der Waals surface area contributed by atoms with Crippen molar-refractivity contribution in [2.75, 3.05) is 13.7 Å². The maximum Gasteiger partial charge on any atom is 0.271 e. The highest BCUT2D eigenvalue weighted by atomic mass is 32.2. The van der Waals surface area contributed by atoms with E-state index in [0.717, 1.165) is 11.3 Å². The van der Waals surface area contributed by atoms with Crippen molar-refractivity contribution in [3.8, 4) is 5.75 Å². The van der Waals surface area contributed by atoms with Crippen molar-refractivity contribution in [1.29, 1.82) is 0 Å². The fraction of sp³-hybridized carbons (Fsp3) is 0.294. The fourth-order valence-electron chi connectivity index (χ4n) is 2.21. The summed E-state index contributed by atoms with van der Waals surface area (Å²) in [6.45, 7) is 5.46. The Kier molecular flexibility index (Phi) is 5.63. The smallest absolute Gasteiger partial charge is 0.271 e. The van der Waals surface area contributed by atoms with Gasteiger partial charge in [0.2, 0.25) is 0 Å². The van der Waals surface area contributed by atoms with Gasteiger partial charge >= 0.3 is 0 Å². The number of amides is 1. The number of benzene rings is 1. The molecule has 0 aliphatic carbocycles. The average Bonchev–Trinajstić information content (AvgIpc) is 2.92. The Balaban J connectivity index is 2.17. The molecular weight excluding hydrogens is 344 g/mol. The summed E-state index contributed by atoms with van der Waals surface area (Å²) < 4.78 is 36.0. The van der Waals surface area contributed by atoms with Gasteiger partial charge in [-0.25, -0.2) is 12.7 Å². The molecule has 0 radical (unpaired) electrons. The molecule has 134 valence electrons. The first kappa shape index (κ1) is 18.7. The zero-order valence-electron chi connectivity index (χ0n) is 14.5. The number of likely N-dealkylation sites (N-methyl/N-ethyl adjacent to an activating group) is 1. The zero-order chi connectivity index (χ0) is 18.6. The lowest BCUT2D eigenvalue weighted by molar-refractivity contribution is -0.120. The molecule has 0 atom stereocenters. The highest BCUT2D eigenvalue weighted by Gasteiger charge is 2.30. The number of rotatable bonds is 6. The van der Waals surface area contributed by atoms with Gasteiger partial charge in [-0.2, -0.15) is 0 Å². The summed E-state index contributed by atoms with van der Waals surface area (Å²) in [6, 6.07) is 7.10. The summed E-state index contributed by atoms with van der Waals surface area (Å²) in [5.74, 6) is 0.200. The Morgan fingerprint density at radius 1 is 1.28 bits per heavy atom. The number of nitrogens with zero attached hydrogens (tertiary/aromatic N) is 2. The predicted octanol–water partition coefficient (Wildman–Crippen LogP) is 2.55. The normalized spacial score (nSPS) is 11.7. The third kappa shape index (κ3) is 4.08. The van der Waals surface area contributed by atoms with Gasteiger partial charge in [-0.3, -0.25) is 4.79 Å². The van der Waals surface area contributed by atoms with E-state index >= 15 is 0 Å². The molecule has 0 saturated heterocycles. The van der Waals surface area contributed by atoms with E-state index in [-0.39, 0.29) is 16.3 Å². The number of aryl methyl sites for hydroxylation is 2. The van der Waals surface area contributed by atoms with Crippen LogP contribution in [0.5, 0.6) is 5.75 Å². The van der Waals surface area contributed by atoms with Crippen LogP contribution >= 0.6 is 0 Å². The first-order valence-corrected chi connectivity index (χ1v) is 9.08. The molecule has 0 spiro atoms. The molecule has 7 nitrogen and oxygen atoms in total. The lowest BCUT2D eigenvalue weighted by Crippen LogP contribution is -2.32. The van der Waals surface area contributed by atoms with Gasteiger partial charge in [-0.15, -0.1) is 0 Å². The molecule has 0 saturated carbocycles. The van der Waals surface area contributed by atoms with E-state index in [9.17, 15) is 13.2 Å². The van der Waals surface area contributed by atoms with Crippen molar-refractivity contribution in [3.63, 3.8) is 0 Å². The van der Waals surface area contributed by atoms with Gasteiger partial charge in [0.1, 0.15) is 11.4 Å². The molecule has 1 aromatic carbocycles. The Labute approximate surface area is 146 Å². The highest BCUT2D eigenvalue weighted by molar-refractivity contribution is 7.89. The molecule has 1 heterocycles. The largest absolute Gasteiger partial charge is 0.494 e. The molecule has 0 bridgehead atoms. The number of aromatic nitrogens is 1. The van der Waals surface area contributed by atoms with Crippen molar-refractivity contribution in [2.24, 2.45) is 0 Å². The van der Waals surface area contributed by atoms with Crippen LogP contribution in [-0.4, -0.2) is 37.4 Å². The van der Waals surface area contributed by atoms with Crippen LogP contribution < -0.4 is 4.74 Å². The summed E-state index contributed by atoms with van der Waals surface area (Å²) in [7, 11) is -2.82. The predicted molar refractivity (Wildman–Crippen MR) is 92.6 cm³/mol. The summed E-state index contributed by atoms with van der Waals surface area (Å²) in [4.78, 5) is 12.1. The number of carbonyl (C=O) groups excluding carboxylic acids is 1. The van der Waals surface area contributed by atoms with Crippen molar-refractivity contribution in [1.82, 2.24) is 9.46 Å². The van der Waals surface area contributed by atoms with Crippen LogP contribution in [0.15, 0.2) is 39.8 Å². The quantitative estimate of drug-likeness (QED) is 0.732. The van der Waals surface area contributed by atoms with E-state index in [4.69, 9.17) is 9.26 Å². The monoisotopic (exact) mass is 364 g/mol. The van der Waals surface area contributed by atoms with Gasteiger partial charge in [-0.1, -0.05) is 17.3 Å². The third-order valence-electron chi connectivity index (χ3n) is 3.51. The van der Waals surface area contributed by atoms with Crippen molar-refractivity contribution in [3.05, 3.63) is 47.4 Å². The maximum absolute atomic E-state index is 12.6. The summed E-state index contributed by atoms with van der Waals surface area (Å²) in [5.41, 5.74) is 0.965. The van der Waals surface area contributed by atoms with Crippen molar-refractivity contribution >= 4 is 22.0 Å². The van der Waals surface area contributed by atoms with Gasteiger partial charge in [-0.05, 0) is 44.5 Å². The molecule has 2 rings (SSSR count). The number of hydrogen-bond donors (Lipinski definition) is 0. The number of hydrogen-bond acceptors (Lipinski definition) is 6. The standard InChI is InChI=1S/C17H20N2O5S/c1-5-23-15-9-6-14(7-10-15)8-11-16(20)19(4)25(21,22)17-12(2)18-24-13(17)3/h6-11H,5H2,1-4H3/b11-8+. The average molecular weight is 364 g/mol.